The molecule has 3 nitrogen and oxygen atoms in total. The Morgan fingerprint density at radius 1 is 1.45 bits per heavy atom. The number of carbonyl (C=O) groups is 1. The van der Waals surface area contributed by atoms with Crippen LogP contribution in [-0.2, 0) is 4.79 Å². The van der Waals surface area contributed by atoms with Gasteiger partial charge in [-0.15, -0.1) is 0 Å². The molecule has 0 heterocycles. The zero-order valence-corrected chi connectivity index (χ0v) is 8.35. The Morgan fingerprint density at radius 2 is 1.73 bits per heavy atom. The first kappa shape index (κ1) is 13.4. The predicted octanol–water partition coefficient (Wildman–Crippen LogP) is 0.990. The van der Waals surface area contributed by atoms with E-state index in [2.05, 4.69) is 12.6 Å². The zero-order chi connectivity index (χ0) is 9.65. The highest BCUT2D eigenvalue weighted by atomic mass is 32.1. The molecule has 11 heavy (non-hydrogen) atoms. The number of carboxylic acids is 1. The smallest absolute Gasteiger partial charge is 0.321 e. The number of rotatable bonds is 1. The maximum Gasteiger partial charge on any atom is 0.321 e. The Balaban J connectivity index is 0. The summed E-state index contributed by atoms with van der Waals surface area (Å²) in [5.74, 6) is -0.942. The molecule has 0 rings (SSSR count). The first-order valence-electron chi connectivity index (χ1n) is 3.29. The van der Waals surface area contributed by atoms with Crippen molar-refractivity contribution in [2.45, 2.75) is 26.8 Å². The van der Waals surface area contributed by atoms with Crippen LogP contribution in [0.4, 0.5) is 0 Å². The lowest BCUT2D eigenvalue weighted by atomic mass is 9.88. The van der Waals surface area contributed by atoms with Gasteiger partial charge in [0.25, 0.3) is 0 Å². The number of thiol groups is 1. The Labute approximate surface area is 73.4 Å². The second kappa shape index (κ2) is 5.43. The molecule has 0 aromatic rings. The van der Waals surface area contributed by atoms with Crippen molar-refractivity contribution < 1.29 is 9.90 Å². The van der Waals surface area contributed by atoms with E-state index in [4.69, 9.17) is 10.8 Å². The Hall–Kier alpha value is -0.220. The fraction of sp³-hybridized carbons (Fsp3) is 0.857. The van der Waals surface area contributed by atoms with Crippen molar-refractivity contribution in [3.05, 3.63) is 0 Å². The van der Waals surface area contributed by atoms with Crippen molar-refractivity contribution in [2.24, 2.45) is 11.1 Å². The minimum atomic E-state index is -0.942. The average Bonchev–Trinajstić information content (AvgIpc) is 1.89. The minimum absolute atomic E-state index is 0.341. The van der Waals surface area contributed by atoms with Crippen LogP contribution >= 0.6 is 12.6 Å². The Morgan fingerprint density at radius 3 is 1.73 bits per heavy atom. The highest BCUT2D eigenvalue weighted by Gasteiger charge is 2.26. The van der Waals surface area contributed by atoms with Crippen molar-refractivity contribution in [1.29, 1.82) is 0 Å². The molecular formula is C7H17NO2S. The summed E-state index contributed by atoms with van der Waals surface area (Å²) >= 11 is 3.53. The lowest BCUT2D eigenvalue weighted by Gasteiger charge is -2.22. The lowest BCUT2D eigenvalue weighted by Crippen LogP contribution is -2.41. The molecule has 0 radical (unpaired) electrons. The number of nitrogens with two attached hydrogens (primary N) is 1. The molecule has 0 aliphatic heterocycles. The topological polar surface area (TPSA) is 63.3 Å². The summed E-state index contributed by atoms with van der Waals surface area (Å²) in [4.78, 5) is 10.2. The molecule has 0 aromatic carbocycles. The fourth-order valence-electron chi connectivity index (χ4n) is 0.370. The fourth-order valence-corrected chi connectivity index (χ4v) is 0.370. The third-order valence-corrected chi connectivity index (χ3v) is 1.20. The van der Waals surface area contributed by atoms with E-state index in [1.807, 2.05) is 0 Å². The lowest BCUT2D eigenvalue weighted by molar-refractivity contribution is -0.141. The quantitative estimate of drug-likeness (QED) is 0.526. The normalized spacial score (nSPS) is 12.9. The first-order chi connectivity index (χ1) is 4.85. The van der Waals surface area contributed by atoms with Gasteiger partial charge in [0, 0.05) is 0 Å². The summed E-state index contributed by atoms with van der Waals surface area (Å²) in [5, 5.41) is 8.39. The van der Waals surface area contributed by atoms with Gasteiger partial charge in [-0.25, -0.2) is 0 Å². The zero-order valence-electron chi connectivity index (χ0n) is 7.46. The molecule has 1 unspecified atom stereocenters. The largest absolute Gasteiger partial charge is 0.480 e. The van der Waals surface area contributed by atoms with Crippen LogP contribution in [0, 0.1) is 5.41 Å². The molecule has 0 bridgehead atoms. The van der Waals surface area contributed by atoms with E-state index in [1.54, 1.807) is 27.0 Å². The molecule has 3 N–H and O–H groups in total. The van der Waals surface area contributed by atoms with Crippen LogP contribution in [0.2, 0.25) is 0 Å². The molecule has 0 aromatic heterocycles. The van der Waals surface area contributed by atoms with E-state index in [9.17, 15) is 4.79 Å². The maximum atomic E-state index is 10.2. The molecule has 0 aliphatic rings. The van der Waals surface area contributed by atoms with Gasteiger partial charge in [-0.3, -0.25) is 4.79 Å². The summed E-state index contributed by atoms with van der Waals surface area (Å²) in [6, 6.07) is -0.766. The molecule has 1 atom stereocenters. The predicted molar refractivity (Wildman–Crippen MR) is 50.0 cm³/mol. The molecule has 0 saturated heterocycles. The van der Waals surface area contributed by atoms with Crippen LogP contribution in [0.5, 0.6) is 0 Å². The van der Waals surface area contributed by atoms with Gasteiger partial charge in [-0.2, -0.15) is 12.6 Å². The third kappa shape index (κ3) is 6.19. The van der Waals surface area contributed by atoms with Crippen molar-refractivity contribution in [2.75, 3.05) is 6.26 Å². The molecular weight excluding hydrogens is 162 g/mol. The summed E-state index contributed by atoms with van der Waals surface area (Å²) < 4.78 is 0. The molecule has 0 fully saturated rings. The average molecular weight is 179 g/mol. The molecule has 0 spiro atoms. The van der Waals surface area contributed by atoms with Gasteiger partial charge in [-0.1, -0.05) is 20.8 Å². The molecule has 4 heteroatoms. The molecule has 0 amide bonds. The van der Waals surface area contributed by atoms with Gasteiger partial charge in [-0.05, 0) is 11.7 Å². The van der Waals surface area contributed by atoms with E-state index in [0.29, 0.717) is 0 Å². The van der Waals surface area contributed by atoms with Crippen LogP contribution in [0.1, 0.15) is 20.8 Å². The summed E-state index contributed by atoms with van der Waals surface area (Å²) in [6.07, 6.45) is 1.69. The van der Waals surface area contributed by atoms with Crippen molar-refractivity contribution in [1.82, 2.24) is 0 Å². The van der Waals surface area contributed by atoms with Gasteiger partial charge in [0.15, 0.2) is 0 Å². The van der Waals surface area contributed by atoms with Crippen LogP contribution < -0.4 is 5.73 Å². The van der Waals surface area contributed by atoms with Gasteiger partial charge >= 0.3 is 5.97 Å². The summed E-state index contributed by atoms with van der Waals surface area (Å²) in [7, 11) is 0. The van der Waals surface area contributed by atoms with Gasteiger partial charge in [0.2, 0.25) is 0 Å². The Kier molecular flexibility index (Phi) is 6.61. The second-order valence-electron chi connectivity index (χ2n) is 3.18. The SMILES string of the molecule is CC(C)(C)C(N)C(=O)O.CS. The van der Waals surface area contributed by atoms with E-state index in [1.165, 1.54) is 0 Å². The highest BCUT2D eigenvalue weighted by molar-refractivity contribution is 7.79. The van der Waals surface area contributed by atoms with E-state index in [-0.39, 0.29) is 5.41 Å². The number of hydrogen-bond acceptors (Lipinski definition) is 3. The van der Waals surface area contributed by atoms with Gasteiger partial charge in [0.1, 0.15) is 6.04 Å². The van der Waals surface area contributed by atoms with Crippen molar-refractivity contribution in [3.63, 3.8) is 0 Å². The summed E-state index contributed by atoms with van der Waals surface area (Å²) in [6.45, 7) is 5.39. The Bertz CT molecular complexity index is 120. The van der Waals surface area contributed by atoms with Gasteiger partial charge < -0.3 is 10.8 Å². The van der Waals surface area contributed by atoms with E-state index >= 15 is 0 Å². The van der Waals surface area contributed by atoms with E-state index < -0.39 is 12.0 Å². The van der Waals surface area contributed by atoms with Crippen LogP contribution in [0.25, 0.3) is 0 Å². The van der Waals surface area contributed by atoms with Crippen LogP contribution in [-0.4, -0.2) is 23.4 Å². The number of carboxylic acid groups (broad SMARTS) is 1. The molecule has 0 aliphatic carbocycles. The summed E-state index contributed by atoms with van der Waals surface area (Å²) in [5.41, 5.74) is 4.95. The molecule has 68 valence electrons. The van der Waals surface area contributed by atoms with Crippen molar-refractivity contribution >= 4 is 18.6 Å². The first-order valence-corrected chi connectivity index (χ1v) is 4.18. The third-order valence-electron chi connectivity index (χ3n) is 1.20. The minimum Gasteiger partial charge on any atom is -0.480 e. The maximum absolute atomic E-state index is 10.2. The highest BCUT2D eigenvalue weighted by Crippen LogP contribution is 2.16. The monoisotopic (exact) mass is 179 g/mol. The second-order valence-corrected chi connectivity index (χ2v) is 3.18. The van der Waals surface area contributed by atoms with E-state index in [0.717, 1.165) is 0 Å². The van der Waals surface area contributed by atoms with Crippen LogP contribution in [0.3, 0.4) is 0 Å². The van der Waals surface area contributed by atoms with Gasteiger partial charge in [0.05, 0.1) is 0 Å². The van der Waals surface area contributed by atoms with Crippen molar-refractivity contribution in [3.8, 4) is 0 Å². The molecule has 0 saturated carbocycles. The number of aliphatic carboxylic acids is 1. The standard InChI is InChI=1S/C6H13NO2.CH4S/c1-6(2,3)4(7)5(8)9;1-2/h4H,7H2,1-3H3,(H,8,9);2H,1H3. The number of hydrogen-bond donors (Lipinski definition) is 3. The van der Waals surface area contributed by atoms with Crippen LogP contribution in [0.15, 0.2) is 0 Å².